The number of ether oxygens (including phenoxy) is 4. The SMILES string of the molecule is CCOc1ccc(C(CCC(=O)OC)(OC)OC)cc1. The molecule has 0 amide bonds. The summed E-state index contributed by atoms with van der Waals surface area (Å²) in [5.74, 6) is -0.474. The van der Waals surface area contributed by atoms with Crippen molar-refractivity contribution in [2.75, 3.05) is 27.9 Å². The van der Waals surface area contributed by atoms with E-state index in [1.807, 2.05) is 31.2 Å². The first kappa shape index (κ1) is 16.5. The van der Waals surface area contributed by atoms with Gasteiger partial charge in [-0.05, 0) is 31.2 Å². The summed E-state index contributed by atoms with van der Waals surface area (Å²) in [5.41, 5.74) is 0.829. The normalized spacial score (nSPS) is 11.2. The van der Waals surface area contributed by atoms with Crippen molar-refractivity contribution in [1.29, 1.82) is 0 Å². The van der Waals surface area contributed by atoms with Crippen LogP contribution in [0.5, 0.6) is 5.75 Å². The lowest BCUT2D eigenvalue weighted by molar-refractivity contribution is -0.221. The van der Waals surface area contributed by atoms with E-state index >= 15 is 0 Å². The molecule has 1 aromatic carbocycles. The second-order valence-electron chi connectivity index (χ2n) is 4.19. The number of benzene rings is 1. The van der Waals surface area contributed by atoms with Gasteiger partial charge in [-0.1, -0.05) is 0 Å². The summed E-state index contributed by atoms with van der Waals surface area (Å²) in [6, 6.07) is 7.44. The predicted molar refractivity (Wildman–Crippen MR) is 74.6 cm³/mol. The predicted octanol–water partition coefficient (Wildman–Crippen LogP) is 2.48. The highest BCUT2D eigenvalue weighted by molar-refractivity contribution is 5.69. The van der Waals surface area contributed by atoms with E-state index in [1.54, 1.807) is 14.2 Å². The zero-order chi connectivity index (χ0) is 15.0. The second-order valence-corrected chi connectivity index (χ2v) is 4.19. The molecule has 1 rings (SSSR count). The third-order valence-electron chi connectivity index (χ3n) is 3.15. The van der Waals surface area contributed by atoms with Crippen LogP contribution in [0.25, 0.3) is 0 Å². The Morgan fingerprint density at radius 3 is 2.15 bits per heavy atom. The molecule has 5 heteroatoms. The van der Waals surface area contributed by atoms with Gasteiger partial charge in [-0.25, -0.2) is 0 Å². The summed E-state index contributed by atoms with van der Waals surface area (Å²) in [5, 5.41) is 0. The Hall–Kier alpha value is -1.59. The lowest BCUT2D eigenvalue weighted by atomic mass is 10.00. The minimum atomic E-state index is -0.959. The smallest absolute Gasteiger partial charge is 0.305 e. The maximum absolute atomic E-state index is 11.3. The van der Waals surface area contributed by atoms with E-state index in [1.165, 1.54) is 7.11 Å². The monoisotopic (exact) mass is 282 g/mol. The molecule has 0 spiro atoms. The number of carbonyl (C=O) groups is 1. The lowest BCUT2D eigenvalue weighted by Gasteiger charge is -2.31. The first-order chi connectivity index (χ1) is 9.61. The summed E-state index contributed by atoms with van der Waals surface area (Å²) in [6.07, 6.45) is 0.589. The molecule has 0 unspecified atom stereocenters. The Balaban J connectivity index is 2.90. The highest BCUT2D eigenvalue weighted by atomic mass is 16.7. The first-order valence-corrected chi connectivity index (χ1v) is 6.52. The molecular formula is C15H22O5. The van der Waals surface area contributed by atoms with Crippen molar-refractivity contribution in [3.63, 3.8) is 0 Å². The molecule has 0 saturated heterocycles. The van der Waals surface area contributed by atoms with E-state index in [4.69, 9.17) is 14.2 Å². The summed E-state index contributed by atoms with van der Waals surface area (Å²) in [7, 11) is 4.47. The molecule has 0 aliphatic carbocycles. The fraction of sp³-hybridized carbons (Fsp3) is 0.533. The Kier molecular flexibility index (Phi) is 6.48. The fourth-order valence-electron chi connectivity index (χ4n) is 2.01. The van der Waals surface area contributed by atoms with E-state index in [0.717, 1.165) is 11.3 Å². The van der Waals surface area contributed by atoms with Crippen LogP contribution in [0.15, 0.2) is 24.3 Å². The van der Waals surface area contributed by atoms with Crippen molar-refractivity contribution < 1.29 is 23.7 Å². The summed E-state index contributed by atoms with van der Waals surface area (Å²) in [6.45, 7) is 2.54. The van der Waals surface area contributed by atoms with Gasteiger partial charge in [0.15, 0.2) is 5.79 Å². The number of carbonyl (C=O) groups excluding carboxylic acids is 1. The van der Waals surface area contributed by atoms with Crippen molar-refractivity contribution in [1.82, 2.24) is 0 Å². The lowest BCUT2D eigenvalue weighted by Crippen LogP contribution is -2.31. The number of methoxy groups -OCH3 is 3. The molecule has 0 aliphatic heterocycles. The number of rotatable bonds is 8. The molecule has 0 radical (unpaired) electrons. The van der Waals surface area contributed by atoms with Crippen LogP contribution in [0.2, 0.25) is 0 Å². The number of hydrogen-bond donors (Lipinski definition) is 0. The van der Waals surface area contributed by atoms with Crippen LogP contribution < -0.4 is 4.74 Å². The van der Waals surface area contributed by atoms with Crippen LogP contribution in [-0.2, 0) is 24.8 Å². The molecule has 0 aromatic heterocycles. The maximum atomic E-state index is 11.3. The van der Waals surface area contributed by atoms with E-state index in [-0.39, 0.29) is 12.4 Å². The van der Waals surface area contributed by atoms with Crippen molar-refractivity contribution in [2.45, 2.75) is 25.6 Å². The van der Waals surface area contributed by atoms with Gasteiger partial charge in [0.25, 0.3) is 0 Å². The maximum Gasteiger partial charge on any atom is 0.305 e. The van der Waals surface area contributed by atoms with E-state index in [9.17, 15) is 4.79 Å². The number of hydrogen-bond acceptors (Lipinski definition) is 5. The first-order valence-electron chi connectivity index (χ1n) is 6.52. The average molecular weight is 282 g/mol. The van der Waals surface area contributed by atoms with Crippen LogP contribution in [0.1, 0.15) is 25.3 Å². The van der Waals surface area contributed by atoms with Gasteiger partial charge in [0.05, 0.1) is 20.1 Å². The summed E-state index contributed by atoms with van der Waals surface area (Å²) in [4.78, 5) is 11.3. The van der Waals surface area contributed by atoms with E-state index in [2.05, 4.69) is 4.74 Å². The van der Waals surface area contributed by atoms with Crippen LogP contribution in [-0.4, -0.2) is 33.9 Å². The summed E-state index contributed by atoms with van der Waals surface area (Å²) < 4.78 is 21.0. The molecule has 5 nitrogen and oxygen atoms in total. The molecule has 0 aliphatic rings. The van der Waals surface area contributed by atoms with Gasteiger partial charge in [-0.15, -0.1) is 0 Å². The molecule has 0 bridgehead atoms. The molecule has 0 fully saturated rings. The van der Waals surface area contributed by atoms with Gasteiger partial charge >= 0.3 is 5.97 Å². The van der Waals surface area contributed by atoms with Crippen molar-refractivity contribution in [3.05, 3.63) is 29.8 Å². The topological polar surface area (TPSA) is 54.0 Å². The van der Waals surface area contributed by atoms with Crippen LogP contribution in [0, 0.1) is 0 Å². The molecule has 1 aromatic rings. The van der Waals surface area contributed by atoms with Crippen molar-refractivity contribution in [3.8, 4) is 5.75 Å². The quantitative estimate of drug-likeness (QED) is 0.541. The van der Waals surface area contributed by atoms with Crippen LogP contribution in [0.3, 0.4) is 0 Å². The molecule has 0 heterocycles. The van der Waals surface area contributed by atoms with Crippen LogP contribution in [0.4, 0.5) is 0 Å². The third-order valence-corrected chi connectivity index (χ3v) is 3.15. The molecule has 0 saturated carbocycles. The van der Waals surface area contributed by atoms with Crippen molar-refractivity contribution >= 4 is 5.97 Å². The fourth-order valence-corrected chi connectivity index (χ4v) is 2.01. The molecule has 112 valence electrons. The Morgan fingerprint density at radius 2 is 1.70 bits per heavy atom. The second kappa shape index (κ2) is 7.87. The standard InChI is InChI=1S/C15H22O5/c1-5-20-13-8-6-12(7-9-13)15(18-3,19-4)11-10-14(16)17-2/h6-9H,5,10-11H2,1-4H3. The van der Waals surface area contributed by atoms with Gasteiger partial charge in [-0.2, -0.15) is 0 Å². The Labute approximate surface area is 119 Å². The Bertz CT molecular complexity index is 409. The summed E-state index contributed by atoms with van der Waals surface area (Å²) >= 11 is 0. The zero-order valence-electron chi connectivity index (χ0n) is 12.5. The highest BCUT2D eigenvalue weighted by Crippen LogP contribution is 2.32. The van der Waals surface area contributed by atoms with Gasteiger partial charge in [0, 0.05) is 26.2 Å². The van der Waals surface area contributed by atoms with Gasteiger partial charge in [0.2, 0.25) is 0 Å². The molecule has 20 heavy (non-hydrogen) atoms. The largest absolute Gasteiger partial charge is 0.494 e. The average Bonchev–Trinajstić information content (AvgIpc) is 2.50. The van der Waals surface area contributed by atoms with Gasteiger partial charge < -0.3 is 18.9 Å². The van der Waals surface area contributed by atoms with Crippen molar-refractivity contribution in [2.24, 2.45) is 0 Å². The van der Waals surface area contributed by atoms with E-state index < -0.39 is 5.79 Å². The molecular weight excluding hydrogens is 260 g/mol. The minimum Gasteiger partial charge on any atom is -0.494 e. The van der Waals surface area contributed by atoms with Gasteiger partial charge in [0.1, 0.15) is 5.75 Å². The van der Waals surface area contributed by atoms with Crippen LogP contribution >= 0.6 is 0 Å². The highest BCUT2D eigenvalue weighted by Gasteiger charge is 2.32. The van der Waals surface area contributed by atoms with Gasteiger partial charge in [-0.3, -0.25) is 4.79 Å². The minimum absolute atomic E-state index is 0.214. The molecule has 0 atom stereocenters. The zero-order valence-corrected chi connectivity index (χ0v) is 12.5. The molecule has 0 N–H and O–H groups in total. The Morgan fingerprint density at radius 1 is 1.10 bits per heavy atom. The third kappa shape index (κ3) is 3.95. The van der Waals surface area contributed by atoms with E-state index in [0.29, 0.717) is 13.0 Å². The number of esters is 1.